The molecule has 0 fully saturated rings. The van der Waals surface area contributed by atoms with Crippen molar-refractivity contribution < 1.29 is 0 Å². The van der Waals surface area contributed by atoms with E-state index in [2.05, 4.69) is 57.1 Å². The molecule has 15 heavy (non-hydrogen) atoms. The Hall–Kier alpha value is -1.02. The van der Waals surface area contributed by atoms with Crippen LogP contribution < -0.4 is 10.6 Å². The highest BCUT2D eigenvalue weighted by Gasteiger charge is 2.07. The molecular weight excluding hydrogens is 184 g/mol. The van der Waals surface area contributed by atoms with Crippen molar-refractivity contribution in [3.63, 3.8) is 0 Å². The minimum atomic E-state index is 0.272. The van der Waals surface area contributed by atoms with E-state index in [9.17, 15) is 0 Å². The quantitative estimate of drug-likeness (QED) is 0.820. The third-order valence-electron chi connectivity index (χ3n) is 2.70. The summed E-state index contributed by atoms with van der Waals surface area (Å²) in [6.07, 6.45) is 1.04. The van der Waals surface area contributed by atoms with Gasteiger partial charge in [-0.05, 0) is 37.0 Å². The molecule has 0 amide bonds. The van der Waals surface area contributed by atoms with Crippen molar-refractivity contribution >= 4 is 5.69 Å². The molecule has 0 saturated carbocycles. The van der Waals surface area contributed by atoms with Crippen molar-refractivity contribution in [1.82, 2.24) is 0 Å². The van der Waals surface area contributed by atoms with Crippen LogP contribution in [0.3, 0.4) is 0 Å². The highest BCUT2D eigenvalue weighted by atomic mass is 15.1. The monoisotopic (exact) mass is 206 g/mol. The van der Waals surface area contributed by atoms with Gasteiger partial charge in [0.25, 0.3) is 0 Å². The Morgan fingerprint density at radius 2 is 1.67 bits per heavy atom. The fourth-order valence-electron chi connectivity index (χ4n) is 1.79. The van der Waals surface area contributed by atoms with E-state index in [1.807, 2.05) is 0 Å². The number of anilines is 1. The van der Waals surface area contributed by atoms with Crippen molar-refractivity contribution in [2.24, 2.45) is 5.73 Å². The van der Waals surface area contributed by atoms with Crippen LogP contribution in [0.1, 0.15) is 31.7 Å². The average molecular weight is 206 g/mol. The van der Waals surface area contributed by atoms with E-state index in [0.717, 1.165) is 6.42 Å². The molecule has 1 rings (SSSR count). The standard InChI is InChI=1S/C13H22N2/c1-10(9-11(2)14)12-5-7-13(8-6-12)15(3)4/h5-8,10-11H,9,14H2,1-4H3. The first kappa shape index (κ1) is 12.1. The smallest absolute Gasteiger partial charge is 0.0361 e. The van der Waals surface area contributed by atoms with Crippen LogP contribution in [0.2, 0.25) is 0 Å². The summed E-state index contributed by atoms with van der Waals surface area (Å²) in [5, 5.41) is 0. The van der Waals surface area contributed by atoms with Crippen LogP contribution in [0.25, 0.3) is 0 Å². The first-order chi connectivity index (χ1) is 7.00. The van der Waals surface area contributed by atoms with Gasteiger partial charge in [-0.15, -0.1) is 0 Å². The fraction of sp³-hybridized carbons (Fsp3) is 0.538. The van der Waals surface area contributed by atoms with Crippen LogP contribution in [-0.4, -0.2) is 20.1 Å². The van der Waals surface area contributed by atoms with E-state index in [1.54, 1.807) is 0 Å². The summed E-state index contributed by atoms with van der Waals surface area (Å²) in [7, 11) is 4.11. The molecule has 0 saturated heterocycles. The SMILES string of the molecule is CC(N)CC(C)c1ccc(N(C)C)cc1. The second-order valence-electron chi connectivity index (χ2n) is 4.60. The predicted octanol–water partition coefficient (Wildman–Crippen LogP) is 2.59. The van der Waals surface area contributed by atoms with E-state index in [4.69, 9.17) is 5.73 Å². The summed E-state index contributed by atoms with van der Waals surface area (Å²) < 4.78 is 0. The van der Waals surface area contributed by atoms with Crippen LogP contribution in [0.5, 0.6) is 0 Å². The molecule has 0 aliphatic heterocycles. The Morgan fingerprint density at radius 3 is 2.07 bits per heavy atom. The van der Waals surface area contributed by atoms with E-state index >= 15 is 0 Å². The van der Waals surface area contributed by atoms with Gasteiger partial charge in [0.05, 0.1) is 0 Å². The molecule has 84 valence electrons. The maximum atomic E-state index is 5.80. The number of hydrogen-bond acceptors (Lipinski definition) is 2. The van der Waals surface area contributed by atoms with Crippen molar-refractivity contribution in [1.29, 1.82) is 0 Å². The Morgan fingerprint density at radius 1 is 1.13 bits per heavy atom. The highest BCUT2D eigenvalue weighted by Crippen LogP contribution is 2.22. The molecule has 0 bridgehead atoms. The van der Waals surface area contributed by atoms with E-state index in [0.29, 0.717) is 5.92 Å². The van der Waals surface area contributed by atoms with Crippen LogP contribution in [0.15, 0.2) is 24.3 Å². The van der Waals surface area contributed by atoms with Crippen molar-refractivity contribution in [3.05, 3.63) is 29.8 Å². The molecule has 2 heteroatoms. The predicted molar refractivity (Wildman–Crippen MR) is 67.5 cm³/mol. The van der Waals surface area contributed by atoms with Gasteiger partial charge in [-0.3, -0.25) is 0 Å². The largest absolute Gasteiger partial charge is 0.378 e. The lowest BCUT2D eigenvalue weighted by Gasteiger charge is -2.17. The molecule has 0 radical (unpaired) electrons. The lowest BCUT2D eigenvalue weighted by molar-refractivity contribution is 0.586. The van der Waals surface area contributed by atoms with Crippen LogP contribution in [0.4, 0.5) is 5.69 Å². The van der Waals surface area contributed by atoms with Crippen LogP contribution in [-0.2, 0) is 0 Å². The topological polar surface area (TPSA) is 29.3 Å². The minimum absolute atomic E-state index is 0.272. The summed E-state index contributed by atoms with van der Waals surface area (Å²) in [4.78, 5) is 2.11. The molecule has 1 aromatic rings. The summed E-state index contributed by atoms with van der Waals surface area (Å²) in [6.45, 7) is 4.29. The maximum Gasteiger partial charge on any atom is 0.0361 e. The molecule has 0 spiro atoms. The molecule has 2 nitrogen and oxygen atoms in total. The zero-order valence-electron chi connectivity index (χ0n) is 10.2. The summed E-state index contributed by atoms with van der Waals surface area (Å²) in [5.74, 6) is 0.543. The Balaban J connectivity index is 2.71. The van der Waals surface area contributed by atoms with Gasteiger partial charge in [-0.1, -0.05) is 19.1 Å². The number of rotatable bonds is 4. The maximum absolute atomic E-state index is 5.80. The summed E-state index contributed by atoms with van der Waals surface area (Å²) >= 11 is 0. The number of nitrogens with two attached hydrogens (primary N) is 1. The Kier molecular flexibility index (Phi) is 4.15. The second-order valence-corrected chi connectivity index (χ2v) is 4.60. The average Bonchev–Trinajstić information content (AvgIpc) is 2.17. The normalized spacial score (nSPS) is 14.7. The van der Waals surface area contributed by atoms with E-state index in [1.165, 1.54) is 11.3 Å². The lowest BCUT2D eigenvalue weighted by Crippen LogP contribution is -2.17. The van der Waals surface area contributed by atoms with Crippen LogP contribution in [0, 0.1) is 0 Å². The summed E-state index contributed by atoms with van der Waals surface area (Å²) in [6, 6.07) is 8.98. The molecule has 0 aliphatic rings. The molecule has 2 atom stereocenters. The van der Waals surface area contributed by atoms with Crippen molar-refractivity contribution in [3.8, 4) is 0 Å². The molecule has 0 heterocycles. The van der Waals surface area contributed by atoms with Crippen molar-refractivity contribution in [2.45, 2.75) is 32.2 Å². The van der Waals surface area contributed by atoms with Gasteiger partial charge in [0.2, 0.25) is 0 Å². The summed E-state index contributed by atoms with van der Waals surface area (Å²) in [5.41, 5.74) is 8.42. The van der Waals surface area contributed by atoms with Gasteiger partial charge < -0.3 is 10.6 Å². The lowest BCUT2D eigenvalue weighted by atomic mass is 9.94. The van der Waals surface area contributed by atoms with E-state index in [-0.39, 0.29) is 6.04 Å². The molecule has 2 N–H and O–H groups in total. The van der Waals surface area contributed by atoms with Gasteiger partial charge >= 0.3 is 0 Å². The first-order valence-corrected chi connectivity index (χ1v) is 5.53. The Labute approximate surface area is 93.1 Å². The van der Waals surface area contributed by atoms with Gasteiger partial charge in [-0.25, -0.2) is 0 Å². The van der Waals surface area contributed by atoms with Gasteiger partial charge in [0, 0.05) is 25.8 Å². The second kappa shape index (κ2) is 5.17. The highest BCUT2D eigenvalue weighted by molar-refractivity contribution is 5.46. The zero-order valence-corrected chi connectivity index (χ0v) is 10.2. The number of hydrogen-bond donors (Lipinski definition) is 1. The molecule has 0 aliphatic carbocycles. The first-order valence-electron chi connectivity index (χ1n) is 5.53. The number of benzene rings is 1. The van der Waals surface area contributed by atoms with E-state index < -0.39 is 0 Å². The van der Waals surface area contributed by atoms with Gasteiger partial charge in [-0.2, -0.15) is 0 Å². The number of nitrogens with zero attached hydrogens (tertiary/aromatic N) is 1. The molecule has 0 aromatic heterocycles. The zero-order chi connectivity index (χ0) is 11.4. The fourth-order valence-corrected chi connectivity index (χ4v) is 1.79. The van der Waals surface area contributed by atoms with Gasteiger partial charge in [0.15, 0.2) is 0 Å². The third-order valence-corrected chi connectivity index (χ3v) is 2.70. The Bertz CT molecular complexity index is 288. The van der Waals surface area contributed by atoms with Crippen molar-refractivity contribution in [2.75, 3.05) is 19.0 Å². The molecule has 2 unspecified atom stereocenters. The van der Waals surface area contributed by atoms with Gasteiger partial charge in [0.1, 0.15) is 0 Å². The molecular formula is C13H22N2. The van der Waals surface area contributed by atoms with Crippen LogP contribution >= 0.6 is 0 Å². The molecule has 1 aromatic carbocycles. The third kappa shape index (κ3) is 3.56. The minimum Gasteiger partial charge on any atom is -0.378 e.